The monoisotopic (exact) mass is 696 g/mol. The topological polar surface area (TPSA) is 119 Å². The molecule has 0 spiro atoms. The lowest BCUT2D eigenvalue weighted by atomic mass is 9.95. The van der Waals surface area contributed by atoms with Crippen LogP contribution in [0, 0.1) is 5.82 Å². The molecule has 0 aliphatic carbocycles. The third-order valence-electron chi connectivity index (χ3n) is 8.84. The van der Waals surface area contributed by atoms with Crippen LogP contribution in [0.5, 0.6) is 11.9 Å². The molecule has 0 N–H and O–H groups in total. The third-order valence-corrected chi connectivity index (χ3v) is 9.10. The van der Waals surface area contributed by atoms with E-state index >= 15 is 4.39 Å². The summed E-state index contributed by atoms with van der Waals surface area (Å²) in [7, 11) is 0. The summed E-state index contributed by atoms with van der Waals surface area (Å²) >= 11 is 6.06. The van der Waals surface area contributed by atoms with Gasteiger partial charge in [0.25, 0.3) is 0 Å². The van der Waals surface area contributed by atoms with E-state index in [9.17, 15) is 18.0 Å². The number of pyridine rings is 1. The van der Waals surface area contributed by atoms with Crippen molar-refractivity contribution in [3.63, 3.8) is 0 Å². The van der Waals surface area contributed by atoms with Crippen molar-refractivity contribution >= 4 is 34.4 Å². The van der Waals surface area contributed by atoms with Crippen LogP contribution >= 0.6 is 11.6 Å². The van der Waals surface area contributed by atoms with Crippen molar-refractivity contribution in [3.05, 3.63) is 35.3 Å². The lowest BCUT2D eigenvalue weighted by molar-refractivity contribution is -0.141. The van der Waals surface area contributed by atoms with E-state index in [0.717, 1.165) is 63.9 Å². The van der Waals surface area contributed by atoms with Crippen molar-refractivity contribution in [2.45, 2.75) is 89.1 Å². The van der Waals surface area contributed by atoms with Crippen molar-refractivity contribution in [2.24, 2.45) is 0 Å². The molecule has 3 fully saturated rings. The second-order valence-corrected chi connectivity index (χ2v) is 13.7. The maximum absolute atomic E-state index is 15.4. The Morgan fingerprint density at radius 1 is 1.02 bits per heavy atom. The number of amides is 1. The highest BCUT2D eigenvalue weighted by Crippen LogP contribution is 2.43. The number of hydrogen-bond acceptors (Lipinski definition) is 11. The standard InChI is InChI=1S/C31H37ClF4N8O4/c1-29(2,3)48-28(45)44-13-6-4-5-12-43(44)26-20-15-37-25(32)23(33)24(20)40-27(41-26)47-17-30-9-7-11-42(30)19(8-10-30)16-46-22-14-21(31(34,35)36)38-18-39-22/h14-15,18-19H,4-13,16-17H2,1-3H3. The lowest BCUT2D eigenvalue weighted by Gasteiger charge is -2.36. The molecule has 3 aliphatic rings. The second-order valence-electron chi connectivity index (χ2n) is 13.3. The molecule has 48 heavy (non-hydrogen) atoms. The summed E-state index contributed by atoms with van der Waals surface area (Å²) in [5.74, 6) is -0.739. The number of aromatic nitrogens is 5. The van der Waals surface area contributed by atoms with Crippen LogP contribution in [0.2, 0.25) is 5.15 Å². The van der Waals surface area contributed by atoms with Crippen LogP contribution in [0.3, 0.4) is 0 Å². The highest BCUT2D eigenvalue weighted by molar-refractivity contribution is 6.30. The summed E-state index contributed by atoms with van der Waals surface area (Å²) in [5, 5.41) is 3.05. The van der Waals surface area contributed by atoms with E-state index in [4.69, 9.17) is 30.8 Å². The number of anilines is 1. The van der Waals surface area contributed by atoms with Gasteiger partial charge in [-0.2, -0.15) is 23.1 Å². The lowest BCUT2D eigenvalue weighted by Crippen LogP contribution is -2.49. The summed E-state index contributed by atoms with van der Waals surface area (Å²) in [6, 6.07) is 0.614. The summed E-state index contributed by atoms with van der Waals surface area (Å²) in [4.78, 5) is 35.8. The van der Waals surface area contributed by atoms with Crippen LogP contribution in [-0.2, 0) is 10.9 Å². The zero-order chi connectivity index (χ0) is 34.3. The molecule has 3 aliphatic heterocycles. The maximum Gasteiger partial charge on any atom is 0.433 e. The highest BCUT2D eigenvalue weighted by Gasteiger charge is 2.50. The van der Waals surface area contributed by atoms with E-state index < -0.39 is 34.9 Å². The van der Waals surface area contributed by atoms with Crippen molar-refractivity contribution in [1.29, 1.82) is 0 Å². The number of halogens is 5. The summed E-state index contributed by atoms with van der Waals surface area (Å²) < 4.78 is 72.5. The van der Waals surface area contributed by atoms with Gasteiger partial charge in [0.05, 0.1) is 10.9 Å². The van der Waals surface area contributed by atoms with Crippen molar-refractivity contribution in [3.8, 4) is 11.9 Å². The number of carbonyl (C=O) groups excluding carboxylic acids is 1. The number of nitrogens with zero attached hydrogens (tertiary/aromatic N) is 8. The smallest absolute Gasteiger partial charge is 0.433 e. The molecule has 2 atom stereocenters. The molecule has 0 bridgehead atoms. The number of ether oxygens (including phenoxy) is 3. The van der Waals surface area contributed by atoms with E-state index in [-0.39, 0.29) is 53.0 Å². The Kier molecular flexibility index (Phi) is 9.41. The van der Waals surface area contributed by atoms with Crippen molar-refractivity contribution < 1.29 is 36.6 Å². The normalized spacial score (nSPS) is 22.1. The molecule has 0 aromatic carbocycles. The Bertz CT molecular complexity index is 1660. The Labute approximate surface area is 279 Å². The average Bonchev–Trinajstić information content (AvgIpc) is 3.48. The van der Waals surface area contributed by atoms with Gasteiger partial charge >= 0.3 is 18.3 Å². The largest absolute Gasteiger partial charge is 0.476 e. The molecule has 3 saturated heterocycles. The average molecular weight is 697 g/mol. The van der Waals surface area contributed by atoms with Crippen LogP contribution in [0.4, 0.5) is 28.2 Å². The maximum atomic E-state index is 15.4. The molecule has 3 aromatic heterocycles. The van der Waals surface area contributed by atoms with Crippen LogP contribution in [0.1, 0.15) is 71.4 Å². The molecule has 17 heteroatoms. The molecule has 3 aromatic rings. The van der Waals surface area contributed by atoms with Crippen molar-refractivity contribution in [2.75, 3.05) is 37.9 Å². The van der Waals surface area contributed by atoms with Gasteiger partial charge in [-0.25, -0.2) is 29.1 Å². The Morgan fingerprint density at radius 3 is 2.58 bits per heavy atom. The molecule has 12 nitrogen and oxygen atoms in total. The third kappa shape index (κ3) is 7.14. The van der Waals surface area contributed by atoms with Gasteiger partial charge in [-0.3, -0.25) is 9.91 Å². The van der Waals surface area contributed by atoms with E-state index in [1.165, 1.54) is 11.2 Å². The molecule has 1 amide bonds. The predicted octanol–water partition coefficient (Wildman–Crippen LogP) is 6.22. The summed E-state index contributed by atoms with van der Waals surface area (Å²) in [6.45, 7) is 7.19. The van der Waals surface area contributed by atoms with Gasteiger partial charge in [0, 0.05) is 31.4 Å². The van der Waals surface area contributed by atoms with Gasteiger partial charge in [0.2, 0.25) is 5.88 Å². The minimum absolute atomic E-state index is 0.0877. The Morgan fingerprint density at radius 2 is 1.81 bits per heavy atom. The molecule has 2 unspecified atom stereocenters. The van der Waals surface area contributed by atoms with Gasteiger partial charge in [0.15, 0.2) is 22.5 Å². The van der Waals surface area contributed by atoms with E-state index in [0.29, 0.717) is 13.1 Å². The fourth-order valence-corrected chi connectivity index (χ4v) is 6.81. The molecule has 0 saturated carbocycles. The van der Waals surface area contributed by atoms with Gasteiger partial charge in [-0.05, 0) is 72.3 Å². The van der Waals surface area contributed by atoms with Crippen LogP contribution in [0.15, 0.2) is 18.6 Å². The van der Waals surface area contributed by atoms with Crippen LogP contribution in [-0.4, -0.2) is 91.0 Å². The minimum Gasteiger partial charge on any atom is -0.476 e. The predicted molar refractivity (Wildman–Crippen MR) is 166 cm³/mol. The number of fused-ring (bicyclic) bond motifs is 2. The zero-order valence-corrected chi connectivity index (χ0v) is 27.7. The fraction of sp³-hybridized carbons (Fsp3) is 0.613. The number of alkyl halides is 3. The van der Waals surface area contributed by atoms with E-state index in [2.05, 4.69) is 24.8 Å². The summed E-state index contributed by atoms with van der Waals surface area (Å²) in [5.41, 5.74) is -2.31. The highest BCUT2D eigenvalue weighted by atomic mass is 35.5. The second kappa shape index (κ2) is 13.3. The number of carbonyl (C=O) groups is 1. The first-order valence-electron chi connectivity index (χ1n) is 16.0. The first-order valence-corrected chi connectivity index (χ1v) is 16.3. The SMILES string of the molecule is CC(C)(C)OC(=O)N1CCCCCN1c1nc(OCC23CCCN2C(COc2cc(C(F)(F)F)ncn2)CC3)nc2c(F)c(Cl)ncc12. The van der Waals surface area contributed by atoms with Gasteiger partial charge in [-0.15, -0.1) is 0 Å². The van der Waals surface area contributed by atoms with E-state index in [1.807, 2.05) is 0 Å². The first kappa shape index (κ1) is 34.1. The van der Waals surface area contributed by atoms with Crippen LogP contribution in [0.25, 0.3) is 10.9 Å². The zero-order valence-electron chi connectivity index (χ0n) is 26.9. The molecular formula is C31H37ClF4N8O4. The quantitative estimate of drug-likeness (QED) is 0.207. The van der Waals surface area contributed by atoms with E-state index in [1.54, 1.807) is 25.8 Å². The van der Waals surface area contributed by atoms with Crippen LogP contribution < -0.4 is 14.5 Å². The molecular weight excluding hydrogens is 660 g/mol. The molecule has 6 rings (SSSR count). The first-order chi connectivity index (χ1) is 22.7. The fourth-order valence-electron chi connectivity index (χ4n) is 6.67. The van der Waals surface area contributed by atoms with Gasteiger partial charge < -0.3 is 14.2 Å². The molecule has 260 valence electrons. The number of rotatable bonds is 7. The summed E-state index contributed by atoms with van der Waals surface area (Å²) in [6.07, 6.45) is 2.55. The minimum atomic E-state index is -4.60. The van der Waals surface area contributed by atoms with Crippen molar-refractivity contribution in [1.82, 2.24) is 34.8 Å². The molecule has 0 radical (unpaired) electrons. The number of hydrogen-bond donors (Lipinski definition) is 0. The van der Waals surface area contributed by atoms with Gasteiger partial charge in [0.1, 0.15) is 30.7 Å². The molecule has 6 heterocycles. The number of hydrazine groups is 1. The Balaban J connectivity index is 1.24. The van der Waals surface area contributed by atoms with Gasteiger partial charge in [-0.1, -0.05) is 11.6 Å². The Hall–Kier alpha value is -3.79.